The SMILES string of the molecule is O=C(Nc1ccccn1)c1cccc(C2CCC(O)CC2)c1-c1ncn2ccncc12. The quantitative estimate of drug-likeness (QED) is 0.526. The number of nitrogens with one attached hydrogen (secondary N) is 1. The van der Waals surface area contributed by atoms with E-state index in [1.165, 1.54) is 0 Å². The Morgan fingerprint density at radius 2 is 1.90 bits per heavy atom. The fourth-order valence-corrected chi connectivity index (χ4v) is 4.40. The lowest BCUT2D eigenvalue weighted by Gasteiger charge is -2.28. The Kier molecular flexibility index (Phi) is 5.18. The number of rotatable bonds is 4. The lowest BCUT2D eigenvalue weighted by molar-refractivity contribution is 0.102. The summed E-state index contributed by atoms with van der Waals surface area (Å²) in [6, 6.07) is 11.2. The van der Waals surface area contributed by atoms with E-state index in [0.29, 0.717) is 11.4 Å². The van der Waals surface area contributed by atoms with E-state index in [9.17, 15) is 9.90 Å². The standard InChI is InChI=1S/C24H23N5O2/c30-17-9-7-16(8-10-17)18-4-3-5-19(24(31)28-21-6-1-2-11-26-21)22(18)23-20-14-25-12-13-29(20)15-27-23/h1-6,11-17,30H,7-10H2,(H,26,28,31). The number of nitrogens with zero attached hydrogens (tertiary/aromatic N) is 4. The van der Waals surface area contributed by atoms with Crippen molar-refractivity contribution in [1.82, 2.24) is 19.4 Å². The van der Waals surface area contributed by atoms with Crippen molar-refractivity contribution in [1.29, 1.82) is 0 Å². The molecule has 1 amide bonds. The van der Waals surface area contributed by atoms with Crippen LogP contribution >= 0.6 is 0 Å². The summed E-state index contributed by atoms with van der Waals surface area (Å²) in [6.07, 6.45) is 11.8. The number of anilines is 1. The van der Waals surface area contributed by atoms with Crippen LogP contribution in [-0.2, 0) is 0 Å². The summed E-state index contributed by atoms with van der Waals surface area (Å²) in [5.74, 6) is 0.534. The number of benzene rings is 1. The van der Waals surface area contributed by atoms with Crippen LogP contribution in [0.15, 0.2) is 67.5 Å². The zero-order chi connectivity index (χ0) is 21.2. The second-order valence-electron chi connectivity index (χ2n) is 7.91. The van der Waals surface area contributed by atoms with Crippen LogP contribution in [0, 0.1) is 0 Å². The molecule has 1 aliphatic rings. The van der Waals surface area contributed by atoms with Gasteiger partial charge >= 0.3 is 0 Å². The number of aromatic nitrogens is 4. The minimum absolute atomic E-state index is 0.226. The van der Waals surface area contributed by atoms with Crippen LogP contribution in [0.2, 0.25) is 0 Å². The van der Waals surface area contributed by atoms with Gasteiger partial charge in [0.15, 0.2) is 0 Å². The molecule has 1 saturated carbocycles. The van der Waals surface area contributed by atoms with Gasteiger partial charge in [-0.2, -0.15) is 0 Å². The number of pyridine rings is 1. The van der Waals surface area contributed by atoms with Gasteiger partial charge in [-0.1, -0.05) is 18.2 Å². The van der Waals surface area contributed by atoms with E-state index >= 15 is 0 Å². The second-order valence-corrected chi connectivity index (χ2v) is 7.91. The predicted molar refractivity (Wildman–Crippen MR) is 118 cm³/mol. The lowest BCUT2D eigenvalue weighted by atomic mass is 9.79. The molecule has 0 unspecified atom stereocenters. The van der Waals surface area contributed by atoms with E-state index in [1.807, 2.05) is 34.9 Å². The number of hydrogen-bond acceptors (Lipinski definition) is 5. The smallest absolute Gasteiger partial charge is 0.257 e. The fraction of sp³-hybridized carbons (Fsp3) is 0.250. The highest BCUT2D eigenvalue weighted by atomic mass is 16.3. The van der Waals surface area contributed by atoms with Crippen LogP contribution in [0.5, 0.6) is 0 Å². The number of aliphatic hydroxyl groups excluding tert-OH is 1. The van der Waals surface area contributed by atoms with Gasteiger partial charge in [-0.05, 0) is 55.4 Å². The van der Waals surface area contributed by atoms with E-state index in [4.69, 9.17) is 0 Å². The molecule has 1 aliphatic carbocycles. The molecule has 7 heteroatoms. The molecule has 156 valence electrons. The Morgan fingerprint density at radius 3 is 2.71 bits per heavy atom. The normalized spacial score (nSPS) is 18.7. The second kappa shape index (κ2) is 8.28. The van der Waals surface area contributed by atoms with Crippen molar-refractivity contribution >= 4 is 17.2 Å². The maximum absolute atomic E-state index is 13.3. The van der Waals surface area contributed by atoms with Crippen LogP contribution in [0.1, 0.15) is 47.5 Å². The Morgan fingerprint density at radius 1 is 1.03 bits per heavy atom. The van der Waals surface area contributed by atoms with Crippen LogP contribution in [0.25, 0.3) is 16.8 Å². The molecule has 0 saturated heterocycles. The molecule has 0 atom stereocenters. The molecule has 0 bridgehead atoms. The van der Waals surface area contributed by atoms with Gasteiger partial charge in [-0.15, -0.1) is 0 Å². The molecule has 3 aromatic heterocycles. The summed E-state index contributed by atoms with van der Waals surface area (Å²) in [7, 11) is 0. The Bertz CT molecular complexity index is 1210. The predicted octanol–water partition coefficient (Wildman–Crippen LogP) is 4.06. The molecule has 0 radical (unpaired) electrons. The molecule has 5 rings (SSSR count). The van der Waals surface area contributed by atoms with E-state index in [2.05, 4.69) is 26.3 Å². The van der Waals surface area contributed by atoms with Crippen molar-refractivity contribution in [2.75, 3.05) is 5.32 Å². The average Bonchev–Trinajstić information content (AvgIpc) is 3.24. The van der Waals surface area contributed by atoms with Gasteiger partial charge in [0.25, 0.3) is 5.91 Å². The number of amides is 1. The van der Waals surface area contributed by atoms with Crippen molar-refractivity contribution in [2.45, 2.75) is 37.7 Å². The first kappa shape index (κ1) is 19.4. The minimum Gasteiger partial charge on any atom is -0.393 e. The molecule has 3 heterocycles. The molecule has 0 spiro atoms. The third-order valence-electron chi connectivity index (χ3n) is 5.96. The van der Waals surface area contributed by atoms with Crippen molar-refractivity contribution in [3.63, 3.8) is 0 Å². The highest BCUT2D eigenvalue weighted by molar-refractivity contribution is 6.09. The van der Waals surface area contributed by atoms with E-state index in [-0.39, 0.29) is 17.9 Å². The molecule has 0 aliphatic heterocycles. The van der Waals surface area contributed by atoms with E-state index in [1.54, 1.807) is 31.0 Å². The van der Waals surface area contributed by atoms with Gasteiger partial charge in [-0.25, -0.2) is 9.97 Å². The molecule has 2 N–H and O–H groups in total. The Balaban J connectivity index is 1.64. The molecular formula is C24H23N5O2. The largest absolute Gasteiger partial charge is 0.393 e. The minimum atomic E-state index is -0.243. The fourth-order valence-electron chi connectivity index (χ4n) is 4.40. The summed E-state index contributed by atoms with van der Waals surface area (Å²) in [5, 5.41) is 12.9. The summed E-state index contributed by atoms with van der Waals surface area (Å²) >= 11 is 0. The number of imidazole rings is 1. The maximum atomic E-state index is 13.3. The Hall–Kier alpha value is -3.58. The first-order chi connectivity index (χ1) is 15.2. The Labute approximate surface area is 179 Å². The number of carbonyl (C=O) groups excluding carboxylic acids is 1. The van der Waals surface area contributed by atoms with Gasteiger partial charge in [0.2, 0.25) is 0 Å². The van der Waals surface area contributed by atoms with E-state index in [0.717, 1.165) is 48.0 Å². The van der Waals surface area contributed by atoms with Crippen LogP contribution < -0.4 is 5.32 Å². The van der Waals surface area contributed by atoms with Gasteiger partial charge in [-0.3, -0.25) is 9.78 Å². The first-order valence-corrected chi connectivity index (χ1v) is 10.5. The average molecular weight is 413 g/mol. The molecular weight excluding hydrogens is 390 g/mol. The lowest BCUT2D eigenvalue weighted by Crippen LogP contribution is -2.19. The van der Waals surface area contributed by atoms with E-state index < -0.39 is 0 Å². The molecule has 4 aromatic rings. The summed E-state index contributed by atoms with van der Waals surface area (Å²) in [4.78, 5) is 26.5. The first-order valence-electron chi connectivity index (χ1n) is 10.5. The van der Waals surface area contributed by atoms with Gasteiger partial charge < -0.3 is 14.8 Å². The van der Waals surface area contributed by atoms with Crippen molar-refractivity contribution in [2.24, 2.45) is 0 Å². The van der Waals surface area contributed by atoms with Gasteiger partial charge in [0.05, 0.1) is 23.5 Å². The van der Waals surface area contributed by atoms with Crippen LogP contribution in [0.3, 0.4) is 0 Å². The maximum Gasteiger partial charge on any atom is 0.257 e. The summed E-state index contributed by atoms with van der Waals surface area (Å²) in [5.41, 5.74) is 4.05. The van der Waals surface area contributed by atoms with Crippen molar-refractivity contribution < 1.29 is 9.90 Å². The summed E-state index contributed by atoms with van der Waals surface area (Å²) < 4.78 is 1.91. The number of hydrogen-bond donors (Lipinski definition) is 2. The van der Waals surface area contributed by atoms with Gasteiger partial charge in [0.1, 0.15) is 12.1 Å². The highest BCUT2D eigenvalue weighted by Gasteiger charge is 2.27. The van der Waals surface area contributed by atoms with Crippen LogP contribution in [-0.4, -0.2) is 36.5 Å². The van der Waals surface area contributed by atoms with Crippen LogP contribution in [0.4, 0.5) is 5.82 Å². The third kappa shape index (κ3) is 3.80. The monoisotopic (exact) mass is 413 g/mol. The number of aliphatic hydroxyl groups is 1. The van der Waals surface area contributed by atoms with Gasteiger partial charge in [0, 0.05) is 29.7 Å². The number of carbonyl (C=O) groups is 1. The topological polar surface area (TPSA) is 92.4 Å². The third-order valence-corrected chi connectivity index (χ3v) is 5.96. The molecule has 7 nitrogen and oxygen atoms in total. The number of fused-ring (bicyclic) bond motifs is 1. The van der Waals surface area contributed by atoms with Crippen molar-refractivity contribution in [3.05, 3.63) is 78.6 Å². The zero-order valence-corrected chi connectivity index (χ0v) is 17.0. The molecule has 1 aromatic carbocycles. The zero-order valence-electron chi connectivity index (χ0n) is 17.0. The van der Waals surface area contributed by atoms with Crippen molar-refractivity contribution in [3.8, 4) is 11.3 Å². The highest BCUT2D eigenvalue weighted by Crippen LogP contribution is 2.40. The molecule has 1 fully saturated rings. The summed E-state index contributed by atoms with van der Waals surface area (Å²) in [6.45, 7) is 0. The molecule has 31 heavy (non-hydrogen) atoms.